The van der Waals surface area contributed by atoms with Crippen molar-refractivity contribution in [2.75, 3.05) is 51.0 Å². The Hall–Kier alpha value is -4.09. The number of allylic oxidation sites excluding steroid dienone is 1. The summed E-state index contributed by atoms with van der Waals surface area (Å²) in [6, 6.07) is 11.0. The fraction of sp³-hybridized carbons (Fsp3) is 0.370. The van der Waals surface area contributed by atoms with Crippen LogP contribution in [0.2, 0.25) is 0 Å². The number of anilines is 3. The third-order valence-electron chi connectivity index (χ3n) is 5.52. The summed E-state index contributed by atoms with van der Waals surface area (Å²) in [6.07, 6.45) is 3.07. The number of fused-ring (bicyclic) bond motifs is 1. The molecule has 0 unspecified atom stereocenters. The zero-order chi connectivity index (χ0) is 27.7. The molecule has 2 aromatic carbocycles. The van der Waals surface area contributed by atoms with Crippen LogP contribution in [0.3, 0.4) is 0 Å². The van der Waals surface area contributed by atoms with E-state index in [0.29, 0.717) is 47.4 Å². The van der Waals surface area contributed by atoms with Gasteiger partial charge in [-0.25, -0.2) is 15.8 Å². The number of amides is 1. The van der Waals surface area contributed by atoms with Gasteiger partial charge in [-0.3, -0.25) is 4.79 Å². The van der Waals surface area contributed by atoms with Gasteiger partial charge in [0.25, 0.3) is 0 Å². The van der Waals surface area contributed by atoms with Crippen molar-refractivity contribution < 1.29 is 14.3 Å². The number of carbonyl (C=O) groups is 1. The minimum absolute atomic E-state index is 0.0264. The molecule has 0 aliphatic carbocycles. The first-order valence-corrected chi connectivity index (χ1v) is 12.5. The molecule has 0 spiro atoms. The lowest BCUT2D eigenvalue weighted by atomic mass is 10.1. The Bertz CT molecular complexity index is 1250. The monoisotopic (exact) mass is 522 g/mol. The number of ether oxygens (including phenoxy) is 2. The number of nitrogens with two attached hydrogens (primary N) is 2. The van der Waals surface area contributed by atoms with Crippen molar-refractivity contribution in [3.63, 3.8) is 0 Å². The maximum Gasteiger partial charge on any atom is 0.245 e. The van der Waals surface area contributed by atoms with Crippen LogP contribution >= 0.6 is 0 Å². The molecule has 0 saturated carbocycles. The zero-order valence-corrected chi connectivity index (χ0v) is 22.7. The number of rotatable bonds is 13. The highest BCUT2D eigenvalue weighted by atomic mass is 16.5. The Morgan fingerprint density at radius 3 is 2.47 bits per heavy atom. The molecular formula is C27H38N8O3. The quantitative estimate of drug-likeness (QED) is 0.195. The summed E-state index contributed by atoms with van der Waals surface area (Å²) in [5, 5.41) is 8.18. The Labute approximate surface area is 223 Å². The lowest BCUT2D eigenvalue weighted by molar-refractivity contribution is -0.116. The topological polar surface area (TPSA) is 144 Å². The molecule has 11 nitrogen and oxygen atoms in total. The predicted molar refractivity (Wildman–Crippen MR) is 151 cm³/mol. The highest BCUT2D eigenvalue weighted by Gasteiger charge is 2.14. The standard InChI is InChI=1S/C27H38N8O3/c1-6-37-24-14-21(38-12-11-34(4)5)13-23-26(24)27(31-17-30-23)33-20-9-7-19(8-10-20)32-25(36)16-35(29)15-22(28)18(2)3/h7-10,13-15,17-18H,6,11-12,16,28-29H2,1-5H3,(H,32,36)(H,30,31,33)/b22-15-. The van der Waals surface area contributed by atoms with Crippen molar-refractivity contribution in [2.45, 2.75) is 20.8 Å². The SMILES string of the molecule is CCOc1cc(OCCN(C)C)cc2ncnc(Nc3ccc(NC(=O)CN(N)/C=C(\N)C(C)C)cc3)c12. The van der Waals surface area contributed by atoms with E-state index in [9.17, 15) is 4.79 Å². The number of likely N-dealkylation sites (N-methyl/N-ethyl adjacent to an activating group) is 1. The van der Waals surface area contributed by atoms with Gasteiger partial charge in [0.05, 0.1) is 17.5 Å². The van der Waals surface area contributed by atoms with Gasteiger partial charge in [0, 0.05) is 41.9 Å². The number of carbonyl (C=O) groups excluding carboxylic acids is 1. The number of nitrogens with one attached hydrogen (secondary N) is 2. The second kappa shape index (κ2) is 13.5. The fourth-order valence-corrected chi connectivity index (χ4v) is 3.45. The summed E-state index contributed by atoms with van der Waals surface area (Å²) < 4.78 is 11.8. The molecule has 0 radical (unpaired) electrons. The van der Waals surface area contributed by atoms with Gasteiger partial charge in [-0.1, -0.05) is 13.8 Å². The summed E-state index contributed by atoms with van der Waals surface area (Å²) >= 11 is 0. The van der Waals surface area contributed by atoms with E-state index >= 15 is 0 Å². The van der Waals surface area contributed by atoms with E-state index in [4.69, 9.17) is 21.1 Å². The molecule has 0 aliphatic rings. The molecule has 3 rings (SSSR count). The van der Waals surface area contributed by atoms with E-state index in [1.165, 1.54) is 11.3 Å². The van der Waals surface area contributed by atoms with Gasteiger partial charge in [0.1, 0.15) is 36.8 Å². The van der Waals surface area contributed by atoms with Crippen LogP contribution in [0.1, 0.15) is 20.8 Å². The van der Waals surface area contributed by atoms with Crippen LogP contribution < -0.4 is 31.7 Å². The third-order valence-corrected chi connectivity index (χ3v) is 5.52. The smallest absolute Gasteiger partial charge is 0.245 e. The van der Waals surface area contributed by atoms with E-state index in [0.717, 1.165) is 17.6 Å². The first-order chi connectivity index (χ1) is 18.2. The second-order valence-corrected chi connectivity index (χ2v) is 9.33. The molecule has 0 atom stereocenters. The second-order valence-electron chi connectivity index (χ2n) is 9.33. The summed E-state index contributed by atoms with van der Waals surface area (Å²) in [5.41, 5.74) is 8.63. The summed E-state index contributed by atoms with van der Waals surface area (Å²) in [5.74, 6) is 7.68. The molecule has 1 amide bonds. The summed E-state index contributed by atoms with van der Waals surface area (Å²) in [4.78, 5) is 23.3. The van der Waals surface area contributed by atoms with Crippen molar-refractivity contribution in [3.8, 4) is 11.5 Å². The molecular weight excluding hydrogens is 484 g/mol. The van der Waals surface area contributed by atoms with Crippen LogP contribution in [0.4, 0.5) is 17.2 Å². The fourth-order valence-electron chi connectivity index (χ4n) is 3.45. The minimum atomic E-state index is -0.257. The molecule has 1 heterocycles. The average Bonchev–Trinajstić information content (AvgIpc) is 2.85. The summed E-state index contributed by atoms with van der Waals surface area (Å²) in [6.45, 7) is 7.64. The Balaban J connectivity index is 1.72. The van der Waals surface area contributed by atoms with Gasteiger partial charge in [0.2, 0.25) is 5.91 Å². The third kappa shape index (κ3) is 8.22. The lowest BCUT2D eigenvalue weighted by Crippen LogP contribution is -2.35. The molecule has 6 N–H and O–H groups in total. The van der Waals surface area contributed by atoms with E-state index in [2.05, 4.69) is 25.5 Å². The lowest BCUT2D eigenvalue weighted by Gasteiger charge is -2.16. The van der Waals surface area contributed by atoms with Gasteiger partial charge in [-0.05, 0) is 51.2 Å². The molecule has 0 fully saturated rings. The number of hydrazine groups is 1. The first kappa shape index (κ1) is 28.5. The molecule has 11 heteroatoms. The van der Waals surface area contributed by atoms with Gasteiger partial charge < -0.3 is 35.7 Å². The van der Waals surface area contributed by atoms with E-state index in [-0.39, 0.29) is 18.4 Å². The molecule has 204 valence electrons. The largest absolute Gasteiger partial charge is 0.493 e. The Morgan fingerprint density at radius 2 is 1.82 bits per heavy atom. The number of aromatic nitrogens is 2. The van der Waals surface area contributed by atoms with Crippen molar-refractivity contribution in [2.24, 2.45) is 17.5 Å². The van der Waals surface area contributed by atoms with Crippen molar-refractivity contribution >= 4 is 34.0 Å². The predicted octanol–water partition coefficient (Wildman–Crippen LogP) is 3.28. The maximum absolute atomic E-state index is 12.4. The number of nitrogens with zero attached hydrogens (tertiary/aromatic N) is 4. The Kier molecular flexibility index (Phi) is 10.1. The van der Waals surface area contributed by atoms with E-state index in [1.807, 2.05) is 59.1 Å². The summed E-state index contributed by atoms with van der Waals surface area (Å²) in [7, 11) is 4.00. The molecule has 0 aliphatic heterocycles. The van der Waals surface area contributed by atoms with Gasteiger partial charge >= 0.3 is 0 Å². The maximum atomic E-state index is 12.4. The normalized spacial score (nSPS) is 11.6. The van der Waals surface area contributed by atoms with Gasteiger partial charge in [-0.2, -0.15) is 0 Å². The van der Waals surface area contributed by atoms with Crippen LogP contribution in [-0.4, -0.2) is 66.2 Å². The highest BCUT2D eigenvalue weighted by Crippen LogP contribution is 2.35. The van der Waals surface area contributed by atoms with Crippen LogP contribution in [0.25, 0.3) is 10.9 Å². The van der Waals surface area contributed by atoms with Crippen molar-refractivity contribution in [3.05, 3.63) is 54.6 Å². The van der Waals surface area contributed by atoms with Crippen molar-refractivity contribution in [1.29, 1.82) is 0 Å². The van der Waals surface area contributed by atoms with Gasteiger partial charge in [0.15, 0.2) is 0 Å². The first-order valence-electron chi connectivity index (χ1n) is 12.5. The van der Waals surface area contributed by atoms with E-state index < -0.39 is 0 Å². The van der Waals surface area contributed by atoms with Crippen LogP contribution in [0.15, 0.2) is 54.6 Å². The van der Waals surface area contributed by atoms with Crippen molar-refractivity contribution in [1.82, 2.24) is 19.9 Å². The Morgan fingerprint density at radius 1 is 1.11 bits per heavy atom. The number of hydrogen-bond acceptors (Lipinski definition) is 10. The van der Waals surface area contributed by atoms with Crippen LogP contribution in [0.5, 0.6) is 11.5 Å². The zero-order valence-electron chi connectivity index (χ0n) is 22.7. The highest BCUT2D eigenvalue weighted by molar-refractivity contribution is 5.97. The minimum Gasteiger partial charge on any atom is -0.493 e. The van der Waals surface area contributed by atoms with E-state index in [1.54, 1.807) is 18.3 Å². The average molecular weight is 523 g/mol. The van der Waals surface area contributed by atoms with Gasteiger partial charge in [-0.15, -0.1) is 0 Å². The molecule has 0 bridgehead atoms. The molecule has 1 aromatic heterocycles. The number of benzene rings is 2. The molecule has 38 heavy (non-hydrogen) atoms. The van der Waals surface area contributed by atoms with Crippen LogP contribution in [0, 0.1) is 5.92 Å². The molecule has 0 saturated heterocycles. The number of hydrogen-bond donors (Lipinski definition) is 4. The molecule has 3 aromatic rings. The van der Waals surface area contributed by atoms with Crippen LogP contribution in [-0.2, 0) is 4.79 Å².